The maximum absolute atomic E-state index is 14.3. The van der Waals surface area contributed by atoms with E-state index in [0.717, 1.165) is 28.2 Å². The van der Waals surface area contributed by atoms with E-state index < -0.39 is 5.41 Å². The van der Waals surface area contributed by atoms with Gasteiger partial charge >= 0.3 is 0 Å². The Labute approximate surface area is 245 Å². The number of nitrogens with zero attached hydrogens (tertiary/aromatic N) is 1. The van der Waals surface area contributed by atoms with Crippen LogP contribution in [0.4, 0.5) is 25.8 Å². The van der Waals surface area contributed by atoms with E-state index in [1.54, 1.807) is 24.3 Å². The van der Waals surface area contributed by atoms with Gasteiger partial charge in [-0.1, -0.05) is 91.0 Å². The van der Waals surface area contributed by atoms with Gasteiger partial charge in [-0.3, -0.25) is 0 Å². The summed E-state index contributed by atoms with van der Waals surface area (Å²) in [6, 6.07) is 46.2. The molecule has 0 amide bonds. The van der Waals surface area contributed by atoms with E-state index in [4.69, 9.17) is 0 Å². The highest BCUT2D eigenvalue weighted by molar-refractivity contribution is 5.90. The zero-order valence-electron chi connectivity index (χ0n) is 23.5. The molecular formula is C39H29F2N. The maximum Gasteiger partial charge on any atom is 0.123 e. The van der Waals surface area contributed by atoms with E-state index in [-0.39, 0.29) is 11.6 Å². The van der Waals surface area contributed by atoms with Gasteiger partial charge in [-0.25, -0.2) is 8.78 Å². The van der Waals surface area contributed by atoms with Crippen LogP contribution in [0.3, 0.4) is 0 Å². The number of fused-ring (bicyclic) bond motifs is 3. The van der Waals surface area contributed by atoms with Crippen molar-refractivity contribution in [1.29, 1.82) is 0 Å². The van der Waals surface area contributed by atoms with Crippen molar-refractivity contribution in [3.8, 4) is 11.1 Å². The molecule has 6 aromatic carbocycles. The van der Waals surface area contributed by atoms with Crippen LogP contribution < -0.4 is 4.90 Å². The van der Waals surface area contributed by atoms with Gasteiger partial charge in [0, 0.05) is 17.1 Å². The first-order chi connectivity index (χ1) is 20.5. The molecule has 1 aliphatic carbocycles. The smallest absolute Gasteiger partial charge is 0.123 e. The first-order valence-corrected chi connectivity index (χ1v) is 14.2. The van der Waals surface area contributed by atoms with E-state index >= 15 is 0 Å². The number of benzene rings is 6. The molecule has 0 saturated carbocycles. The average Bonchev–Trinajstić information content (AvgIpc) is 3.31. The molecule has 1 nitrogen and oxygen atoms in total. The molecule has 1 aliphatic rings. The van der Waals surface area contributed by atoms with Crippen molar-refractivity contribution in [3.05, 3.63) is 185 Å². The Morgan fingerprint density at radius 1 is 0.476 bits per heavy atom. The molecule has 3 heteroatoms. The molecule has 0 aliphatic heterocycles. The molecule has 7 rings (SSSR count). The van der Waals surface area contributed by atoms with Gasteiger partial charge in [-0.15, -0.1) is 0 Å². The van der Waals surface area contributed by atoms with Crippen LogP contribution in [-0.2, 0) is 5.41 Å². The third kappa shape index (κ3) is 3.96. The van der Waals surface area contributed by atoms with Gasteiger partial charge < -0.3 is 4.90 Å². The number of aryl methyl sites for hydroxylation is 2. The minimum absolute atomic E-state index is 0.288. The van der Waals surface area contributed by atoms with Crippen LogP contribution in [0, 0.1) is 25.5 Å². The van der Waals surface area contributed by atoms with Crippen molar-refractivity contribution in [1.82, 2.24) is 0 Å². The van der Waals surface area contributed by atoms with Crippen LogP contribution in [0.15, 0.2) is 140 Å². The molecule has 0 bridgehead atoms. The van der Waals surface area contributed by atoms with Crippen molar-refractivity contribution in [2.75, 3.05) is 4.90 Å². The van der Waals surface area contributed by atoms with E-state index in [2.05, 4.69) is 108 Å². The molecule has 0 spiro atoms. The number of anilines is 3. The standard InChI is InChI=1S/C39H29F2N/c1-26-23-30(40)17-21-37(26)42(38-22-18-31(41)24-27(38)2)32-19-20-34-33-15-9-10-16-35(33)39(36(34)25-32,28-11-5-3-6-12-28)29-13-7-4-8-14-29/h3-25H,1-2H3. The first-order valence-electron chi connectivity index (χ1n) is 14.2. The van der Waals surface area contributed by atoms with Crippen molar-refractivity contribution >= 4 is 17.1 Å². The number of halogens is 2. The largest absolute Gasteiger partial charge is 0.310 e. The Morgan fingerprint density at radius 2 is 0.976 bits per heavy atom. The van der Waals surface area contributed by atoms with E-state index in [1.807, 2.05) is 13.8 Å². The van der Waals surface area contributed by atoms with Gasteiger partial charge in [0.05, 0.1) is 5.41 Å². The molecule has 6 aromatic rings. The first kappa shape index (κ1) is 25.9. The highest BCUT2D eigenvalue weighted by Gasteiger charge is 2.46. The molecule has 42 heavy (non-hydrogen) atoms. The lowest BCUT2D eigenvalue weighted by Gasteiger charge is -2.35. The molecule has 0 unspecified atom stereocenters. The fourth-order valence-corrected chi connectivity index (χ4v) is 6.72. The summed E-state index contributed by atoms with van der Waals surface area (Å²) < 4.78 is 28.6. The zero-order chi connectivity index (χ0) is 28.8. The van der Waals surface area contributed by atoms with Gasteiger partial charge in [0.15, 0.2) is 0 Å². The molecule has 0 aromatic heterocycles. The van der Waals surface area contributed by atoms with Crippen molar-refractivity contribution in [2.24, 2.45) is 0 Å². The minimum atomic E-state index is -0.550. The van der Waals surface area contributed by atoms with Crippen LogP contribution in [0.25, 0.3) is 11.1 Å². The fourth-order valence-electron chi connectivity index (χ4n) is 6.72. The van der Waals surface area contributed by atoms with Crippen molar-refractivity contribution in [2.45, 2.75) is 19.3 Å². The highest BCUT2D eigenvalue weighted by Crippen LogP contribution is 2.57. The summed E-state index contributed by atoms with van der Waals surface area (Å²) in [4.78, 5) is 2.12. The predicted molar refractivity (Wildman–Crippen MR) is 168 cm³/mol. The van der Waals surface area contributed by atoms with Gasteiger partial charge in [0.25, 0.3) is 0 Å². The molecule has 0 heterocycles. The number of rotatable bonds is 5. The fraction of sp³-hybridized carbons (Fsp3) is 0.0769. The van der Waals surface area contributed by atoms with Gasteiger partial charge in [0.1, 0.15) is 11.6 Å². The summed E-state index contributed by atoms with van der Waals surface area (Å²) in [5.74, 6) is -0.577. The molecule has 0 saturated heterocycles. The van der Waals surface area contributed by atoms with Crippen LogP contribution in [0.5, 0.6) is 0 Å². The van der Waals surface area contributed by atoms with E-state index in [1.165, 1.54) is 45.5 Å². The van der Waals surface area contributed by atoms with Gasteiger partial charge in [0.2, 0.25) is 0 Å². The molecule has 0 fully saturated rings. The summed E-state index contributed by atoms with van der Waals surface area (Å²) in [5.41, 5.74) is 10.8. The lowest BCUT2D eigenvalue weighted by Crippen LogP contribution is -2.28. The Kier molecular flexibility index (Phi) is 6.24. The van der Waals surface area contributed by atoms with Crippen LogP contribution >= 0.6 is 0 Å². The quantitative estimate of drug-likeness (QED) is 0.206. The van der Waals surface area contributed by atoms with Gasteiger partial charge in [-0.05, 0) is 107 Å². The third-order valence-electron chi connectivity index (χ3n) is 8.50. The monoisotopic (exact) mass is 549 g/mol. The maximum atomic E-state index is 14.3. The minimum Gasteiger partial charge on any atom is -0.310 e. The van der Waals surface area contributed by atoms with Crippen molar-refractivity contribution in [3.63, 3.8) is 0 Å². The summed E-state index contributed by atoms with van der Waals surface area (Å²) in [6.07, 6.45) is 0. The number of hydrogen-bond acceptors (Lipinski definition) is 1. The second kappa shape index (κ2) is 10.1. The Hall–Kier alpha value is -5.02. The average molecular weight is 550 g/mol. The normalized spacial score (nSPS) is 13.0. The Morgan fingerprint density at radius 3 is 1.52 bits per heavy atom. The molecule has 0 radical (unpaired) electrons. The number of hydrogen-bond donors (Lipinski definition) is 0. The van der Waals surface area contributed by atoms with E-state index in [0.29, 0.717) is 0 Å². The SMILES string of the molecule is Cc1cc(F)ccc1N(c1ccc2c(c1)C(c1ccccc1)(c1ccccc1)c1ccccc1-2)c1ccc(F)cc1C. The lowest BCUT2D eigenvalue weighted by atomic mass is 9.67. The lowest BCUT2D eigenvalue weighted by molar-refractivity contribution is 0.626. The van der Waals surface area contributed by atoms with Crippen molar-refractivity contribution < 1.29 is 8.78 Å². The van der Waals surface area contributed by atoms with E-state index in [9.17, 15) is 8.78 Å². The van der Waals surface area contributed by atoms with Gasteiger partial charge in [-0.2, -0.15) is 0 Å². The summed E-state index contributed by atoms with van der Waals surface area (Å²) in [6.45, 7) is 3.82. The van der Waals surface area contributed by atoms with Crippen LogP contribution in [-0.4, -0.2) is 0 Å². The summed E-state index contributed by atoms with van der Waals surface area (Å²) in [7, 11) is 0. The third-order valence-corrected chi connectivity index (χ3v) is 8.50. The molecule has 204 valence electrons. The van der Waals surface area contributed by atoms with Crippen LogP contribution in [0.2, 0.25) is 0 Å². The molecule has 0 atom stereocenters. The Bertz CT molecular complexity index is 1840. The summed E-state index contributed by atoms with van der Waals surface area (Å²) in [5, 5.41) is 0. The second-order valence-electron chi connectivity index (χ2n) is 11.0. The predicted octanol–water partition coefficient (Wildman–Crippen LogP) is 10.4. The molecule has 0 N–H and O–H groups in total. The topological polar surface area (TPSA) is 3.24 Å². The van der Waals surface area contributed by atoms with Crippen LogP contribution in [0.1, 0.15) is 33.4 Å². The highest BCUT2D eigenvalue weighted by atomic mass is 19.1. The second-order valence-corrected chi connectivity index (χ2v) is 11.0. The zero-order valence-corrected chi connectivity index (χ0v) is 23.5. The molecular weight excluding hydrogens is 520 g/mol. The summed E-state index contributed by atoms with van der Waals surface area (Å²) >= 11 is 0. The Balaban J connectivity index is 1.56.